The lowest BCUT2D eigenvalue weighted by Gasteiger charge is -2.08. The van der Waals surface area contributed by atoms with Crippen LogP contribution in [0, 0.1) is 0 Å². The second-order valence-electron chi connectivity index (χ2n) is 5.75. The molecule has 1 amide bonds. The van der Waals surface area contributed by atoms with Gasteiger partial charge in [0.05, 0.1) is 6.61 Å². The minimum Gasteiger partial charge on any atom is -0.494 e. The van der Waals surface area contributed by atoms with Crippen molar-refractivity contribution in [2.24, 2.45) is 0 Å². The number of ketones is 1. The van der Waals surface area contributed by atoms with Gasteiger partial charge in [-0.05, 0) is 55.0 Å². The van der Waals surface area contributed by atoms with Gasteiger partial charge in [0.1, 0.15) is 11.5 Å². The first-order valence-corrected chi connectivity index (χ1v) is 8.58. The number of amides is 1. The van der Waals surface area contributed by atoms with Gasteiger partial charge in [-0.25, -0.2) is 0 Å². The van der Waals surface area contributed by atoms with E-state index in [1.54, 1.807) is 24.3 Å². The summed E-state index contributed by atoms with van der Waals surface area (Å²) in [7, 11) is 0. The summed E-state index contributed by atoms with van der Waals surface area (Å²) in [6.45, 7) is -0.277. The molecule has 0 aliphatic rings. The molecule has 1 N–H and O–H groups in total. The van der Waals surface area contributed by atoms with Crippen molar-refractivity contribution in [3.8, 4) is 11.5 Å². The lowest BCUT2D eigenvalue weighted by atomic mass is 10.1. The van der Waals surface area contributed by atoms with Gasteiger partial charge in [0.25, 0.3) is 0 Å². The lowest BCUT2D eigenvalue weighted by molar-refractivity contribution is -0.116. The van der Waals surface area contributed by atoms with Crippen molar-refractivity contribution < 1.29 is 27.8 Å². The van der Waals surface area contributed by atoms with Crippen LogP contribution >= 0.6 is 0 Å². The molecule has 0 bridgehead atoms. The maximum Gasteiger partial charge on any atom is 0.387 e. The monoisotopic (exact) mass is 377 g/mol. The first kappa shape index (κ1) is 20.4. The van der Waals surface area contributed by atoms with Gasteiger partial charge in [-0.1, -0.05) is 6.92 Å². The second-order valence-corrected chi connectivity index (χ2v) is 5.75. The Hall–Kier alpha value is -2.96. The van der Waals surface area contributed by atoms with Crippen LogP contribution in [0.3, 0.4) is 0 Å². The molecule has 0 saturated heterocycles. The van der Waals surface area contributed by atoms with E-state index in [2.05, 4.69) is 10.1 Å². The van der Waals surface area contributed by atoms with Gasteiger partial charge in [-0.15, -0.1) is 0 Å². The van der Waals surface area contributed by atoms with E-state index in [0.29, 0.717) is 23.6 Å². The molecule has 7 heteroatoms. The van der Waals surface area contributed by atoms with Crippen molar-refractivity contribution in [1.82, 2.24) is 0 Å². The van der Waals surface area contributed by atoms with Gasteiger partial charge >= 0.3 is 6.61 Å². The number of anilines is 1. The molecular weight excluding hydrogens is 356 g/mol. The summed E-state index contributed by atoms with van der Waals surface area (Å²) < 4.78 is 33.9. The number of ether oxygens (including phenoxy) is 2. The average molecular weight is 377 g/mol. The van der Waals surface area contributed by atoms with Crippen molar-refractivity contribution in [3.63, 3.8) is 0 Å². The van der Waals surface area contributed by atoms with Crippen molar-refractivity contribution in [2.45, 2.75) is 32.8 Å². The SMILES string of the molecule is CCCOc1ccc(C(=O)CCC(=O)Nc2ccc(OC(F)F)cc2)cc1. The Morgan fingerprint density at radius 2 is 1.59 bits per heavy atom. The number of Topliss-reactive ketones (excluding diaryl/α,β-unsaturated/α-hetero) is 1. The van der Waals surface area contributed by atoms with E-state index in [9.17, 15) is 18.4 Å². The number of hydrogen-bond acceptors (Lipinski definition) is 4. The predicted molar refractivity (Wildman–Crippen MR) is 97.5 cm³/mol. The Kier molecular flexibility index (Phi) is 7.73. The molecule has 2 aromatic rings. The van der Waals surface area contributed by atoms with E-state index in [0.717, 1.165) is 6.42 Å². The summed E-state index contributed by atoms with van der Waals surface area (Å²) in [5.74, 6) is 0.219. The van der Waals surface area contributed by atoms with Crippen LogP contribution in [0.4, 0.5) is 14.5 Å². The van der Waals surface area contributed by atoms with Gasteiger partial charge in [-0.2, -0.15) is 8.78 Å². The number of alkyl halides is 2. The summed E-state index contributed by atoms with van der Waals surface area (Å²) in [5, 5.41) is 2.61. The molecule has 2 aromatic carbocycles. The highest BCUT2D eigenvalue weighted by molar-refractivity contribution is 6.00. The second kappa shape index (κ2) is 10.3. The average Bonchev–Trinajstić information content (AvgIpc) is 2.66. The number of rotatable bonds is 10. The van der Waals surface area contributed by atoms with Crippen molar-refractivity contribution >= 4 is 17.4 Å². The third kappa shape index (κ3) is 7.05. The van der Waals surface area contributed by atoms with Crippen molar-refractivity contribution in [3.05, 3.63) is 54.1 Å². The van der Waals surface area contributed by atoms with Gasteiger partial charge in [0, 0.05) is 24.1 Å². The molecular formula is C20H21F2NO4. The van der Waals surface area contributed by atoms with E-state index in [1.165, 1.54) is 24.3 Å². The summed E-state index contributed by atoms with van der Waals surface area (Å²) in [4.78, 5) is 24.1. The van der Waals surface area contributed by atoms with Gasteiger partial charge in [-0.3, -0.25) is 9.59 Å². The fourth-order valence-corrected chi connectivity index (χ4v) is 2.27. The van der Waals surface area contributed by atoms with Crippen molar-refractivity contribution in [2.75, 3.05) is 11.9 Å². The first-order valence-electron chi connectivity index (χ1n) is 8.58. The van der Waals surface area contributed by atoms with Crippen LogP contribution in [-0.2, 0) is 4.79 Å². The highest BCUT2D eigenvalue weighted by Crippen LogP contribution is 2.18. The van der Waals surface area contributed by atoms with Crippen molar-refractivity contribution in [1.29, 1.82) is 0 Å². The van der Waals surface area contributed by atoms with Gasteiger partial charge in [0.2, 0.25) is 5.91 Å². The largest absolute Gasteiger partial charge is 0.494 e. The molecule has 0 aliphatic heterocycles. The number of hydrogen-bond donors (Lipinski definition) is 1. The van der Waals surface area contributed by atoms with E-state index < -0.39 is 6.61 Å². The summed E-state index contributed by atoms with van der Waals surface area (Å²) in [6.07, 6.45) is 0.980. The minimum atomic E-state index is -2.90. The van der Waals surface area contributed by atoms with Gasteiger partial charge in [0.15, 0.2) is 5.78 Å². The Morgan fingerprint density at radius 1 is 0.963 bits per heavy atom. The van der Waals surface area contributed by atoms with Crippen LogP contribution in [-0.4, -0.2) is 24.9 Å². The van der Waals surface area contributed by atoms with Crippen LogP contribution in [0.5, 0.6) is 11.5 Å². The number of carbonyl (C=O) groups is 2. The molecule has 0 radical (unpaired) electrons. The molecule has 2 rings (SSSR count). The zero-order valence-electron chi connectivity index (χ0n) is 14.9. The van der Waals surface area contributed by atoms with E-state index in [-0.39, 0.29) is 30.3 Å². The summed E-state index contributed by atoms with van der Waals surface area (Å²) in [6, 6.07) is 12.4. The molecule has 0 spiro atoms. The molecule has 0 saturated carbocycles. The Balaban J connectivity index is 1.79. The van der Waals surface area contributed by atoms with Crippen LogP contribution in [0.25, 0.3) is 0 Å². The first-order chi connectivity index (χ1) is 13.0. The fraction of sp³-hybridized carbons (Fsp3) is 0.300. The highest BCUT2D eigenvalue weighted by atomic mass is 19.3. The Labute approximate surface area is 156 Å². The molecule has 27 heavy (non-hydrogen) atoms. The zero-order valence-corrected chi connectivity index (χ0v) is 14.9. The van der Waals surface area contributed by atoms with Crippen LogP contribution in [0.1, 0.15) is 36.5 Å². The smallest absolute Gasteiger partial charge is 0.387 e. The maximum absolute atomic E-state index is 12.2. The third-order valence-electron chi connectivity index (χ3n) is 3.59. The standard InChI is InChI=1S/C20H21F2NO4/c1-2-13-26-16-7-3-14(4-8-16)18(24)11-12-19(25)23-15-5-9-17(10-6-15)27-20(21)22/h3-10,20H,2,11-13H2,1H3,(H,23,25). The van der Waals surface area contributed by atoms with E-state index in [1.807, 2.05) is 6.92 Å². The molecule has 0 aromatic heterocycles. The number of carbonyl (C=O) groups excluding carboxylic acids is 2. The molecule has 5 nitrogen and oxygen atoms in total. The van der Waals surface area contributed by atoms with Gasteiger partial charge < -0.3 is 14.8 Å². The maximum atomic E-state index is 12.2. The van der Waals surface area contributed by atoms with Crippen LogP contribution in [0.15, 0.2) is 48.5 Å². The number of halogens is 2. The third-order valence-corrected chi connectivity index (χ3v) is 3.59. The van der Waals surface area contributed by atoms with E-state index >= 15 is 0 Å². The van der Waals surface area contributed by atoms with E-state index in [4.69, 9.17) is 4.74 Å². The zero-order chi connectivity index (χ0) is 19.6. The minimum absolute atomic E-state index is 0.00420. The number of benzene rings is 2. The molecule has 0 atom stereocenters. The molecule has 0 unspecified atom stereocenters. The molecule has 144 valence electrons. The summed E-state index contributed by atoms with van der Waals surface area (Å²) in [5.41, 5.74) is 0.951. The molecule has 0 heterocycles. The lowest BCUT2D eigenvalue weighted by Crippen LogP contribution is -2.13. The topological polar surface area (TPSA) is 64.6 Å². The molecule has 0 fully saturated rings. The fourth-order valence-electron chi connectivity index (χ4n) is 2.27. The highest BCUT2D eigenvalue weighted by Gasteiger charge is 2.10. The summed E-state index contributed by atoms with van der Waals surface area (Å²) >= 11 is 0. The predicted octanol–water partition coefficient (Wildman–Crippen LogP) is 4.68. The number of nitrogens with one attached hydrogen (secondary N) is 1. The van der Waals surface area contributed by atoms with Crippen LogP contribution in [0.2, 0.25) is 0 Å². The Morgan fingerprint density at radius 3 is 2.19 bits per heavy atom. The van der Waals surface area contributed by atoms with Crippen LogP contribution < -0.4 is 14.8 Å². The quantitative estimate of drug-likeness (QED) is 0.611. The Bertz CT molecular complexity index is 746. The molecule has 0 aliphatic carbocycles. The normalized spacial score (nSPS) is 10.5.